The molecule has 0 aromatic heterocycles. The molecule has 0 saturated carbocycles. The van der Waals surface area contributed by atoms with Gasteiger partial charge >= 0.3 is 0 Å². The Morgan fingerprint density at radius 1 is 0.900 bits per heavy atom. The minimum Gasteiger partial charge on any atom is -0.386 e. The normalized spacial score (nSPS) is 17.8. The maximum atomic E-state index is 10.4. The summed E-state index contributed by atoms with van der Waals surface area (Å²) in [6.45, 7) is 5.88. The monoisotopic (exact) mass is 264 g/mol. The molecule has 1 heteroatoms. The molecule has 3 rings (SSSR count). The van der Waals surface area contributed by atoms with Crippen molar-refractivity contribution in [2.45, 2.75) is 32.3 Å². The van der Waals surface area contributed by atoms with Crippen LogP contribution < -0.4 is 0 Å². The van der Waals surface area contributed by atoms with Gasteiger partial charge in [0, 0.05) is 5.92 Å². The Bertz CT molecular complexity index is 674. The molecule has 1 nitrogen and oxygen atoms in total. The van der Waals surface area contributed by atoms with Crippen LogP contribution in [0.5, 0.6) is 0 Å². The molecule has 1 N–H and O–H groups in total. The molecule has 0 bridgehead atoms. The van der Waals surface area contributed by atoms with Gasteiger partial charge in [0.2, 0.25) is 0 Å². The molecule has 20 heavy (non-hydrogen) atoms. The Hall–Kier alpha value is -1.86. The maximum Gasteiger partial charge on any atom is 0.0843 e. The molecule has 0 saturated heterocycles. The summed E-state index contributed by atoms with van der Waals surface area (Å²) in [5.41, 5.74) is 5.35. The highest BCUT2D eigenvalue weighted by Crippen LogP contribution is 2.43. The van der Waals surface area contributed by atoms with Crippen molar-refractivity contribution in [2.24, 2.45) is 0 Å². The summed E-state index contributed by atoms with van der Waals surface area (Å²) in [4.78, 5) is 0. The van der Waals surface area contributed by atoms with Gasteiger partial charge in [-0.3, -0.25) is 0 Å². The van der Waals surface area contributed by atoms with Gasteiger partial charge in [-0.1, -0.05) is 60.2 Å². The second kappa shape index (κ2) is 4.60. The van der Waals surface area contributed by atoms with E-state index in [0.717, 1.165) is 5.56 Å². The van der Waals surface area contributed by atoms with E-state index in [9.17, 15) is 5.11 Å². The third-order valence-corrected chi connectivity index (χ3v) is 4.08. The molecule has 0 radical (unpaired) electrons. The third-order valence-electron chi connectivity index (χ3n) is 4.08. The lowest BCUT2D eigenvalue weighted by Gasteiger charge is -2.26. The van der Waals surface area contributed by atoms with Crippen molar-refractivity contribution in [3.8, 4) is 0 Å². The van der Waals surface area contributed by atoms with Gasteiger partial charge in [-0.25, -0.2) is 0 Å². The topological polar surface area (TPSA) is 20.2 Å². The van der Waals surface area contributed by atoms with Gasteiger partial charge < -0.3 is 5.11 Å². The maximum absolute atomic E-state index is 10.4. The molecule has 2 aromatic rings. The van der Waals surface area contributed by atoms with Gasteiger partial charge in [-0.05, 0) is 43.0 Å². The Morgan fingerprint density at radius 2 is 1.50 bits per heavy atom. The van der Waals surface area contributed by atoms with E-state index in [1.165, 1.54) is 22.3 Å². The molecule has 1 atom stereocenters. The largest absolute Gasteiger partial charge is 0.386 e. The van der Waals surface area contributed by atoms with Crippen LogP contribution in [0, 0.1) is 0 Å². The second-order valence-electron chi connectivity index (χ2n) is 6.10. The van der Waals surface area contributed by atoms with E-state index in [0.29, 0.717) is 0 Å². The van der Waals surface area contributed by atoms with Crippen molar-refractivity contribution < 1.29 is 5.11 Å². The smallest absolute Gasteiger partial charge is 0.0843 e. The zero-order valence-corrected chi connectivity index (χ0v) is 12.2. The first-order valence-electron chi connectivity index (χ1n) is 7.07. The molecule has 2 aromatic carbocycles. The van der Waals surface area contributed by atoms with E-state index in [-0.39, 0.29) is 5.92 Å². The Balaban J connectivity index is 2.19. The minimum atomic E-state index is -0.825. The molecule has 0 heterocycles. The lowest BCUT2D eigenvalue weighted by molar-refractivity contribution is 0.0775. The Morgan fingerprint density at radius 3 is 2.20 bits per heavy atom. The van der Waals surface area contributed by atoms with Crippen molar-refractivity contribution in [1.29, 1.82) is 0 Å². The van der Waals surface area contributed by atoms with Crippen LogP contribution >= 0.6 is 0 Å². The van der Waals surface area contributed by atoms with E-state index >= 15 is 0 Å². The summed E-state index contributed by atoms with van der Waals surface area (Å²) in [5.74, 6) is 0.258. The van der Waals surface area contributed by atoms with Gasteiger partial charge in [0.25, 0.3) is 0 Å². The fourth-order valence-electron chi connectivity index (χ4n) is 3.20. The Kier molecular flexibility index (Phi) is 3.02. The zero-order chi connectivity index (χ0) is 14.3. The summed E-state index contributed by atoms with van der Waals surface area (Å²) >= 11 is 0. The van der Waals surface area contributed by atoms with E-state index in [2.05, 4.69) is 49.4 Å². The van der Waals surface area contributed by atoms with E-state index in [1.54, 1.807) is 0 Å². The van der Waals surface area contributed by atoms with Crippen LogP contribution in [-0.2, 0) is 5.60 Å². The number of aliphatic hydroxyl groups is 1. The van der Waals surface area contributed by atoms with Crippen LogP contribution in [0.3, 0.4) is 0 Å². The van der Waals surface area contributed by atoms with E-state index in [4.69, 9.17) is 0 Å². The average Bonchev–Trinajstić information content (AvgIpc) is 2.73. The lowest BCUT2D eigenvalue weighted by atomic mass is 9.82. The number of fused-ring (bicyclic) bond motifs is 1. The molecule has 102 valence electrons. The van der Waals surface area contributed by atoms with Crippen molar-refractivity contribution in [3.05, 3.63) is 76.4 Å². The summed E-state index contributed by atoms with van der Waals surface area (Å²) in [6.07, 6.45) is 2.25. The molecule has 0 aliphatic heterocycles. The van der Waals surface area contributed by atoms with Crippen LogP contribution in [0.2, 0.25) is 0 Å². The predicted molar refractivity (Wildman–Crippen MR) is 83.6 cm³/mol. The van der Waals surface area contributed by atoms with Gasteiger partial charge in [0.15, 0.2) is 0 Å². The average molecular weight is 264 g/mol. The number of hydrogen-bond acceptors (Lipinski definition) is 1. The molecular formula is C19H20O. The number of benzene rings is 2. The number of rotatable bonds is 2. The summed E-state index contributed by atoms with van der Waals surface area (Å²) < 4.78 is 0. The van der Waals surface area contributed by atoms with Gasteiger partial charge in [-0.15, -0.1) is 0 Å². The van der Waals surface area contributed by atoms with E-state index in [1.807, 2.05) is 26.0 Å². The third kappa shape index (κ3) is 2.08. The summed E-state index contributed by atoms with van der Waals surface area (Å²) in [5, 5.41) is 10.4. The first kappa shape index (κ1) is 13.1. The first-order valence-corrected chi connectivity index (χ1v) is 7.07. The van der Waals surface area contributed by atoms with Gasteiger partial charge in [-0.2, -0.15) is 0 Å². The molecule has 1 aliphatic rings. The van der Waals surface area contributed by atoms with Gasteiger partial charge in [0.05, 0.1) is 5.60 Å². The highest BCUT2D eigenvalue weighted by Gasteiger charge is 2.29. The first-order chi connectivity index (χ1) is 9.48. The minimum absolute atomic E-state index is 0.258. The molecular weight excluding hydrogens is 244 g/mol. The van der Waals surface area contributed by atoms with Crippen molar-refractivity contribution in [2.75, 3.05) is 0 Å². The molecule has 0 fully saturated rings. The standard InChI is InChI=1S/C19H20O/c1-13-12-14-8-4-5-9-15(14)18(13)16-10-6-7-11-17(16)19(2,3)20/h4-12,18,20H,1-3H3. The fourth-order valence-corrected chi connectivity index (χ4v) is 3.20. The fraction of sp³-hybridized carbons (Fsp3) is 0.263. The van der Waals surface area contributed by atoms with Crippen LogP contribution in [0.4, 0.5) is 0 Å². The highest BCUT2D eigenvalue weighted by atomic mass is 16.3. The second-order valence-corrected chi connectivity index (χ2v) is 6.10. The van der Waals surface area contributed by atoms with Crippen LogP contribution in [0.15, 0.2) is 54.1 Å². The molecule has 0 spiro atoms. The van der Waals surface area contributed by atoms with Crippen LogP contribution in [-0.4, -0.2) is 5.11 Å². The highest BCUT2D eigenvalue weighted by molar-refractivity contribution is 5.69. The van der Waals surface area contributed by atoms with Gasteiger partial charge in [0.1, 0.15) is 0 Å². The van der Waals surface area contributed by atoms with Crippen molar-refractivity contribution in [1.82, 2.24) is 0 Å². The SMILES string of the molecule is CC1=Cc2ccccc2C1c1ccccc1C(C)(C)O. The number of hydrogen-bond donors (Lipinski definition) is 1. The summed E-state index contributed by atoms with van der Waals surface area (Å²) in [7, 11) is 0. The zero-order valence-electron chi connectivity index (χ0n) is 12.2. The predicted octanol–water partition coefficient (Wildman–Crippen LogP) is 4.46. The number of allylic oxidation sites excluding steroid dienone is 1. The molecule has 0 amide bonds. The Labute approximate surface area is 120 Å². The van der Waals surface area contributed by atoms with Crippen LogP contribution in [0.25, 0.3) is 6.08 Å². The molecule has 1 aliphatic carbocycles. The van der Waals surface area contributed by atoms with Crippen molar-refractivity contribution in [3.63, 3.8) is 0 Å². The van der Waals surface area contributed by atoms with Crippen LogP contribution in [0.1, 0.15) is 48.9 Å². The molecule has 1 unspecified atom stereocenters. The van der Waals surface area contributed by atoms with E-state index < -0.39 is 5.60 Å². The van der Waals surface area contributed by atoms with Crippen molar-refractivity contribution >= 4 is 6.08 Å². The lowest BCUT2D eigenvalue weighted by Crippen LogP contribution is -2.19. The summed E-state index contributed by atoms with van der Waals surface area (Å²) in [6, 6.07) is 16.7. The quantitative estimate of drug-likeness (QED) is 0.849.